The quantitative estimate of drug-likeness (QED) is 0.285. The summed E-state index contributed by atoms with van der Waals surface area (Å²) < 4.78 is 9.37. The Hall–Kier alpha value is -1.95. The van der Waals surface area contributed by atoms with Crippen molar-refractivity contribution in [1.82, 2.24) is 9.55 Å². The van der Waals surface area contributed by atoms with E-state index in [0.717, 1.165) is 51.5 Å². The van der Waals surface area contributed by atoms with Gasteiger partial charge in [0.25, 0.3) is 0 Å². The number of halogens is 3. The Balaban J connectivity index is 0.00000199. The Morgan fingerprint density at radius 3 is 2.50 bits per heavy atom. The second-order valence-electron chi connectivity index (χ2n) is 8.67. The molecular formula is C27H34BrCl2N3O. The number of nitrogens with two attached hydrogens (primary N) is 1. The highest BCUT2D eigenvalue weighted by Gasteiger charge is 2.25. The summed E-state index contributed by atoms with van der Waals surface area (Å²) in [6.07, 6.45) is 14.9. The molecule has 3 rings (SSSR count). The van der Waals surface area contributed by atoms with Crippen LogP contribution in [0.15, 0.2) is 71.1 Å². The van der Waals surface area contributed by atoms with Gasteiger partial charge in [0.1, 0.15) is 23.9 Å². The van der Waals surface area contributed by atoms with Gasteiger partial charge in [-0.1, -0.05) is 74.0 Å². The van der Waals surface area contributed by atoms with Crippen LogP contribution in [0.1, 0.15) is 51.3 Å². The number of nitrogens with zero attached hydrogens (tertiary/aromatic N) is 2. The summed E-state index contributed by atoms with van der Waals surface area (Å²) in [7, 11) is 0. The molecule has 0 amide bonds. The normalized spacial score (nSPS) is 18.8. The molecule has 2 aromatic rings. The van der Waals surface area contributed by atoms with Gasteiger partial charge in [-0.15, -0.1) is 23.2 Å². The molecule has 0 aliphatic heterocycles. The lowest BCUT2D eigenvalue weighted by molar-refractivity contribution is 0.136. The molecule has 1 aliphatic carbocycles. The maximum atomic E-state index is 6.79. The van der Waals surface area contributed by atoms with Gasteiger partial charge >= 0.3 is 0 Å². The van der Waals surface area contributed by atoms with Crippen molar-refractivity contribution in [3.05, 3.63) is 88.3 Å². The van der Waals surface area contributed by atoms with Gasteiger partial charge in [-0.05, 0) is 37.1 Å². The van der Waals surface area contributed by atoms with Crippen LogP contribution in [0.5, 0.6) is 0 Å². The minimum atomic E-state index is -0.274. The lowest BCUT2D eigenvalue weighted by atomic mass is 9.94. The Bertz CT molecular complexity index is 1060. The molecule has 0 spiro atoms. The van der Waals surface area contributed by atoms with Gasteiger partial charge in [0.05, 0.1) is 5.38 Å². The topological polar surface area (TPSA) is 53.1 Å². The second-order valence-corrected chi connectivity index (χ2v) is 10.1. The van der Waals surface area contributed by atoms with Crippen molar-refractivity contribution in [3.63, 3.8) is 0 Å². The third-order valence-corrected chi connectivity index (χ3v) is 6.20. The second kappa shape index (κ2) is 13.2. The number of hydrogen-bond donors (Lipinski definition) is 1. The molecule has 1 aromatic carbocycles. The predicted octanol–water partition coefficient (Wildman–Crippen LogP) is 7.92. The molecular weight excluding hydrogens is 533 g/mol. The molecule has 0 saturated heterocycles. The average molecular weight is 567 g/mol. The Morgan fingerprint density at radius 1 is 1.24 bits per heavy atom. The molecule has 0 fully saturated rings. The van der Waals surface area contributed by atoms with E-state index in [1.54, 1.807) is 6.20 Å². The van der Waals surface area contributed by atoms with Crippen molar-refractivity contribution in [2.45, 2.75) is 52.5 Å². The van der Waals surface area contributed by atoms with Crippen LogP contribution in [0, 0.1) is 5.41 Å². The lowest BCUT2D eigenvalue weighted by Crippen LogP contribution is -2.14. The molecule has 1 aliphatic rings. The van der Waals surface area contributed by atoms with Crippen LogP contribution in [0.25, 0.3) is 11.3 Å². The summed E-state index contributed by atoms with van der Waals surface area (Å²) in [6.45, 7) is 8.72. The van der Waals surface area contributed by atoms with E-state index in [9.17, 15) is 0 Å². The summed E-state index contributed by atoms with van der Waals surface area (Å²) in [5.41, 5.74) is 9.67. The fourth-order valence-electron chi connectivity index (χ4n) is 3.64. The highest BCUT2D eigenvalue weighted by atomic mass is 79.9. The third-order valence-electron chi connectivity index (χ3n) is 5.29. The first-order valence-electron chi connectivity index (χ1n) is 11.2. The van der Waals surface area contributed by atoms with Crippen molar-refractivity contribution in [3.8, 4) is 5.69 Å². The smallest absolute Gasteiger partial charge is 0.142 e. The van der Waals surface area contributed by atoms with Gasteiger partial charge in [-0.2, -0.15) is 0 Å². The largest absolute Gasteiger partial charge is 0.490 e. The minimum absolute atomic E-state index is 0.182. The molecule has 0 radical (unpaired) electrons. The van der Waals surface area contributed by atoms with Crippen molar-refractivity contribution >= 4 is 44.7 Å². The molecule has 34 heavy (non-hydrogen) atoms. The molecule has 1 heterocycles. The molecule has 0 bridgehead atoms. The van der Waals surface area contributed by atoms with E-state index in [-0.39, 0.29) is 10.8 Å². The zero-order chi connectivity index (χ0) is 25.3. The fourth-order valence-corrected chi connectivity index (χ4v) is 4.18. The zero-order valence-electron chi connectivity index (χ0n) is 20.5. The van der Waals surface area contributed by atoms with Crippen LogP contribution in [-0.4, -0.2) is 21.3 Å². The highest BCUT2D eigenvalue weighted by molar-refractivity contribution is 9.10. The van der Waals surface area contributed by atoms with E-state index >= 15 is 0 Å². The first-order valence-corrected chi connectivity index (χ1v) is 13.2. The van der Waals surface area contributed by atoms with Crippen LogP contribution >= 0.6 is 39.1 Å². The number of alkyl halides is 2. The molecule has 1 atom stereocenters. The van der Waals surface area contributed by atoms with Gasteiger partial charge < -0.3 is 10.5 Å². The van der Waals surface area contributed by atoms with Crippen molar-refractivity contribution < 1.29 is 4.74 Å². The molecule has 1 aromatic heterocycles. The molecule has 184 valence electrons. The number of ether oxygens (including phenoxy) is 1. The van der Waals surface area contributed by atoms with Gasteiger partial charge in [0.2, 0.25) is 0 Å². The number of allylic oxidation sites excluding steroid dienone is 7. The number of hydrogen-bond acceptors (Lipinski definition) is 3. The first-order chi connectivity index (χ1) is 16.3. The summed E-state index contributed by atoms with van der Waals surface area (Å²) in [4.78, 5) is 5.06. The third kappa shape index (κ3) is 7.03. The van der Waals surface area contributed by atoms with E-state index in [0.29, 0.717) is 6.61 Å². The van der Waals surface area contributed by atoms with Gasteiger partial charge in [-0.25, -0.2) is 4.98 Å². The van der Waals surface area contributed by atoms with Crippen LogP contribution in [0.2, 0.25) is 0 Å². The standard InChI is InChI=1S/C26H31BrClN3O.CH3Cl/c1-5-23-22(17-32-24(16-29)26(2,3)4)30-25(20-10-8-6-7-9-11-21(20)28)31(23)19-14-12-18(27)13-15-19;1-2/h6-7,9-16,21H,5,8,17,29H2,1-4H3;1H3/b7-6-,11-9?,20-10+,24-16-;. The molecule has 2 N–H and O–H groups in total. The van der Waals surface area contributed by atoms with Gasteiger partial charge in [0.15, 0.2) is 0 Å². The van der Waals surface area contributed by atoms with E-state index < -0.39 is 0 Å². The van der Waals surface area contributed by atoms with Gasteiger partial charge in [-0.3, -0.25) is 4.57 Å². The Labute approximate surface area is 222 Å². The zero-order valence-corrected chi connectivity index (χ0v) is 23.6. The summed E-state index contributed by atoms with van der Waals surface area (Å²) >= 11 is 15.0. The summed E-state index contributed by atoms with van der Waals surface area (Å²) in [5.74, 6) is 1.59. The molecule has 1 unspecified atom stereocenters. The number of aromatic nitrogens is 2. The molecule has 4 nitrogen and oxygen atoms in total. The van der Waals surface area contributed by atoms with Crippen LogP contribution < -0.4 is 5.73 Å². The first kappa shape index (κ1) is 28.3. The highest BCUT2D eigenvalue weighted by Crippen LogP contribution is 2.32. The summed E-state index contributed by atoms with van der Waals surface area (Å²) in [6, 6.07) is 8.25. The van der Waals surface area contributed by atoms with Gasteiger partial charge in [0, 0.05) is 39.4 Å². The number of benzene rings is 1. The van der Waals surface area contributed by atoms with E-state index in [1.807, 2.05) is 30.4 Å². The molecule has 7 heteroatoms. The monoisotopic (exact) mass is 565 g/mol. The van der Waals surface area contributed by atoms with E-state index in [2.05, 4.69) is 84.1 Å². The number of rotatable bonds is 6. The van der Waals surface area contributed by atoms with Crippen molar-refractivity contribution in [1.29, 1.82) is 0 Å². The minimum Gasteiger partial charge on any atom is -0.490 e. The maximum Gasteiger partial charge on any atom is 0.142 e. The van der Waals surface area contributed by atoms with E-state index in [1.165, 1.54) is 6.38 Å². The van der Waals surface area contributed by atoms with Crippen molar-refractivity contribution in [2.24, 2.45) is 11.1 Å². The SMILES string of the molecule is CCc1c(CO/C(=C\N)C(C)(C)C)nc(/C2=C/C/C=C\C=CC2Cl)n1-c1ccc(Br)cc1.CCl. The van der Waals surface area contributed by atoms with Crippen LogP contribution in [0.4, 0.5) is 0 Å². The maximum absolute atomic E-state index is 6.79. The average Bonchev–Trinajstić information content (AvgIpc) is 3.16. The van der Waals surface area contributed by atoms with Crippen molar-refractivity contribution in [2.75, 3.05) is 6.38 Å². The van der Waals surface area contributed by atoms with Crippen LogP contribution in [-0.2, 0) is 17.8 Å². The Morgan fingerprint density at radius 2 is 1.91 bits per heavy atom. The van der Waals surface area contributed by atoms with E-state index in [4.69, 9.17) is 27.1 Å². The predicted molar refractivity (Wildman–Crippen MR) is 149 cm³/mol. The Kier molecular flexibility index (Phi) is 11.0. The van der Waals surface area contributed by atoms with Crippen LogP contribution in [0.3, 0.4) is 0 Å². The molecule has 0 saturated carbocycles. The fraction of sp³-hybridized carbons (Fsp3) is 0.370. The number of imidazole rings is 1. The summed E-state index contributed by atoms with van der Waals surface area (Å²) in [5, 5.41) is -0.274. The lowest BCUT2D eigenvalue weighted by Gasteiger charge is -2.22.